The first-order valence-electron chi connectivity index (χ1n) is 11.3. The standard InChI is InChI=1S/C23H22F2N4O7/c24-13-4-3-12(16(25)6-13)7-26-21(31)15-9-27-10-17-28-5-1-2-14(28)8-29(17)22(32)18(27)20(19(15)30)35-11-36-23(33)34/h3-4,6,9,14,17H,1-2,5,7-8,10-11H2,(H,26,31)(H,33,34). The number of amides is 2. The molecule has 2 unspecified atom stereocenters. The van der Waals surface area contributed by atoms with Gasteiger partial charge in [-0.3, -0.25) is 19.3 Å². The minimum atomic E-state index is -1.65. The van der Waals surface area contributed by atoms with Crippen LogP contribution in [-0.2, 0) is 17.8 Å². The summed E-state index contributed by atoms with van der Waals surface area (Å²) in [4.78, 5) is 54.1. The molecule has 0 aliphatic carbocycles. The van der Waals surface area contributed by atoms with Gasteiger partial charge in [0.15, 0.2) is 5.69 Å². The third kappa shape index (κ3) is 4.15. The fraction of sp³-hybridized carbons (Fsp3) is 0.391. The number of hydrogen-bond acceptors (Lipinski definition) is 7. The summed E-state index contributed by atoms with van der Waals surface area (Å²) < 4.78 is 38.2. The Morgan fingerprint density at radius 2 is 2.00 bits per heavy atom. The molecule has 2 N–H and O–H groups in total. The SMILES string of the molecule is O=C(O)OCOc1c2n(cc(C(=O)NCc3ccc(F)cc3F)c1=O)CC1N(CC3CCCN31)C2=O. The Balaban J connectivity index is 1.48. The van der Waals surface area contributed by atoms with E-state index in [-0.39, 0.29) is 42.1 Å². The number of benzene rings is 1. The van der Waals surface area contributed by atoms with E-state index in [2.05, 4.69) is 15.0 Å². The van der Waals surface area contributed by atoms with Crippen LogP contribution in [0.15, 0.2) is 29.2 Å². The second-order valence-electron chi connectivity index (χ2n) is 8.76. The summed E-state index contributed by atoms with van der Waals surface area (Å²) in [5.41, 5.74) is -1.43. The van der Waals surface area contributed by atoms with Crippen LogP contribution in [0.2, 0.25) is 0 Å². The summed E-state index contributed by atoms with van der Waals surface area (Å²) in [6.07, 6.45) is 1.29. The minimum absolute atomic E-state index is 0.00555. The molecule has 0 radical (unpaired) electrons. The Labute approximate surface area is 202 Å². The number of carbonyl (C=O) groups is 3. The number of carbonyl (C=O) groups excluding carboxylic acids is 2. The van der Waals surface area contributed by atoms with Crippen LogP contribution in [0.4, 0.5) is 13.6 Å². The van der Waals surface area contributed by atoms with E-state index in [1.54, 1.807) is 4.90 Å². The summed E-state index contributed by atoms with van der Waals surface area (Å²) in [6.45, 7) is 0.389. The topological polar surface area (TPSA) is 130 Å². The fourth-order valence-corrected chi connectivity index (χ4v) is 5.08. The number of halogens is 2. The first kappa shape index (κ1) is 23.7. The van der Waals surface area contributed by atoms with Crippen LogP contribution >= 0.6 is 0 Å². The molecule has 1 aromatic heterocycles. The molecular weight excluding hydrogens is 482 g/mol. The van der Waals surface area contributed by atoms with E-state index in [1.165, 1.54) is 16.8 Å². The lowest BCUT2D eigenvalue weighted by Crippen LogP contribution is -2.50. The lowest BCUT2D eigenvalue weighted by Gasteiger charge is -2.36. The van der Waals surface area contributed by atoms with Crippen molar-refractivity contribution in [1.82, 2.24) is 19.7 Å². The predicted octanol–water partition coefficient (Wildman–Crippen LogP) is 1.35. The molecule has 11 nitrogen and oxygen atoms in total. The van der Waals surface area contributed by atoms with Crippen LogP contribution in [0.1, 0.15) is 39.3 Å². The van der Waals surface area contributed by atoms with Crippen LogP contribution in [0.3, 0.4) is 0 Å². The van der Waals surface area contributed by atoms with Crippen LogP contribution in [0.5, 0.6) is 5.75 Å². The smallest absolute Gasteiger partial charge is 0.451 e. The minimum Gasteiger partial charge on any atom is -0.451 e. The van der Waals surface area contributed by atoms with E-state index in [0.29, 0.717) is 12.6 Å². The first-order chi connectivity index (χ1) is 17.2. The highest BCUT2D eigenvalue weighted by Gasteiger charge is 2.48. The summed E-state index contributed by atoms with van der Waals surface area (Å²) in [7, 11) is 0. The number of rotatable bonds is 6. The van der Waals surface area contributed by atoms with Gasteiger partial charge < -0.3 is 29.4 Å². The monoisotopic (exact) mass is 504 g/mol. The molecular formula is C23H22F2N4O7. The first-order valence-corrected chi connectivity index (χ1v) is 11.3. The number of nitrogens with zero attached hydrogens (tertiary/aromatic N) is 3. The summed E-state index contributed by atoms with van der Waals surface area (Å²) >= 11 is 0. The van der Waals surface area contributed by atoms with Crippen molar-refractivity contribution < 1.29 is 37.7 Å². The van der Waals surface area contributed by atoms with Crippen molar-refractivity contribution in [2.45, 2.75) is 38.1 Å². The zero-order chi connectivity index (χ0) is 25.6. The van der Waals surface area contributed by atoms with Crippen LogP contribution in [0, 0.1) is 11.6 Å². The Kier molecular flexibility index (Phi) is 6.08. The van der Waals surface area contributed by atoms with E-state index < -0.39 is 47.6 Å². The summed E-state index contributed by atoms with van der Waals surface area (Å²) in [5.74, 6) is -3.48. The zero-order valence-electron chi connectivity index (χ0n) is 18.9. The lowest BCUT2D eigenvalue weighted by atomic mass is 10.1. The fourth-order valence-electron chi connectivity index (χ4n) is 5.08. The second kappa shape index (κ2) is 9.22. The average molecular weight is 504 g/mol. The third-order valence-electron chi connectivity index (χ3n) is 6.72. The van der Waals surface area contributed by atoms with Gasteiger partial charge in [0.2, 0.25) is 18.0 Å². The predicted molar refractivity (Wildman–Crippen MR) is 117 cm³/mol. The van der Waals surface area contributed by atoms with Crippen LogP contribution in [0.25, 0.3) is 0 Å². The molecule has 2 atom stereocenters. The molecule has 3 aliphatic rings. The Morgan fingerprint density at radius 1 is 1.19 bits per heavy atom. The normalized spacial score (nSPS) is 20.5. The number of aromatic nitrogens is 1. The van der Waals surface area contributed by atoms with Gasteiger partial charge in [-0.2, -0.15) is 0 Å². The molecule has 4 heterocycles. The van der Waals surface area contributed by atoms with Gasteiger partial charge >= 0.3 is 6.16 Å². The number of carboxylic acid groups (broad SMARTS) is 1. The van der Waals surface area contributed by atoms with E-state index in [1.807, 2.05) is 0 Å². The maximum absolute atomic E-state index is 14.0. The molecule has 0 bridgehead atoms. The van der Waals surface area contributed by atoms with E-state index in [9.17, 15) is 28.0 Å². The maximum atomic E-state index is 14.0. The molecule has 2 fully saturated rings. The van der Waals surface area contributed by atoms with Crippen molar-refractivity contribution in [1.29, 1.82) is 0 Å². The second-order valence-corrected chi connectivity index (χ2v) is 8.76. The maximum Gasteiger partial charge on any atom is 0.508 e. The van der Waals surface area contributed by atoms with Crippen molar-refractivity contribution in [2.75, 3.05) is 19.9 Å². The van der Waals surface area contributed by atoms with E-state index in [4.69, 9.17) is 9.84 Å². The van der Waals surface area contributed by atoms with Crippen molar-refractivity contribution in [3.63, 3.8) is 0 Å². The molecule has 1 aromatic carbocycles. The molecule has 0 spiro atoms. The third-order valence-corrected chi connectivity index (χ3v) is 6.72. The Bertz CT molecular complexity index is 1310. The van der Waals surface area contributed by atoms with Crippen molar-refractivity contribution in [3.05, 3.63) is 63.1 Å². The molecule has 0 saturated carbocycles. The summed E-state index contributed by atoms with van der Waals surface area (Å²) in [6, 6.07) is 3.09. The quantitative estimate of drug-likeness (QED) is 0.446. The molecule has 2 saturated heterocycles. The van der Waals surface area contributed by atoms with Crippen LogP contribution < -0.4 is 15.5 Å². The van der Waals surface area contributed by atoms with E-state index >= 15 is 0 Å². The molecule has 2 aromatic rings. The molecule has 5 rings (SSSR count). The molecule has 36 heavy (non-hydrogen) atoms. The zero-order valence-corrected chi connectivity index (χ0v) is 18.9. The van der Waals surface area contributed by atoms with Crippen molar-refractivity contribution >= 4 is 18.0 Å². The van der Waals surface area contributed by atoms with Crippen molar-refractivity contribution in [2.24, 2.45) is 0 Å². The highest BCUT2D eigenvalue weighted by atomic mass is 19.1. The van der Waals surface area contributed by atoms with Crippen molar-refractivity contribution in [3.8, 4) is 5.75 Å². The van der Waals surface area contributed by atoms with Gasteiger partial charge in [-0.15, -0.1) is 0 Å². The number of hydrogen-bond donors (Lipinski definition) is 2. The Hall–Kier alpha value is -4.00. The van der Waals surface area contributed by atoms with Crippen LogP contribution in [-0.4, -0.2) is 69.5 Å². The molecule has 2 amide bonds. The van der Waals surface area contributed by atoms with Gasteiger partial charge in [-0.1, -0.05) is 6.07 Å². The van der Waals surface area contributed by atoms with Gasteiger partial charge in [0.25, 0.3) is 11.8 Å². The number of fused-ring (bicyclic) bond motifs is 4. The molecule has 3 aliphatic heterocycles. The van der Waals surface area contributed by atoms with Gasteiger partial charge in [0, 0.05) is 43.5 Å². The lowest BCUT2D eigenvalue weighted by molar-refractivity contribution is 0.0229. The molecule has 190 valence electrons. The largest absolute Gasteiger partial charge is 0.508 e. The van der Waals surface area contributed by atoms with Gasteiger partial charge in [-0.25, -0.2) is 13.6 Å². The Morgan fingerprint density at radius 3 is 2.75 bits per heavy atom. The number of nitrogens with one attached hydrogen (secondary N) is 1. The number of ether oxygens (including phenoxy) is 2. The van der Waals surface area contributed by atoms with E-state index in [0.717, 1.165) is 25.5 Å². The van der Waals surface area contributed by atoms with Gasteiger partial charge in [0.1, 0.15) is 23.4 Å². The molecule has 13 heteroatoms. The highest BCUT2D eigenvalue weighted by Crippen LogP contribution is 2.35. The van der Waals surface area contributed by atoms with Gasteiger partial charge in [0.05, 0.1) is 6.54 Å². The average Bonchev–Trinajstić information content (AvgIpc) is 3.42. The van der Waals surface area contributed by atoms with Gasteiger partial charge in [-0.05, 0) is 18.9 Å². The summed E-state index contributed by atoms with van der Waals surface area (Å²) in [5, 5.41) is 11.2. The number of pyridine rings is 1. The highest BCUT2D eigenvalue weighted by molar-refractivity contribution is 5.99.